The van der Waals surface area contributed by atoms with Crippen molar-refractivity contribution in [1.29, 1.82) is 0 Å². The lowest BCUT2D eigenvalue weighted by Gasteiger charge is -2.25. The first-order valence-corrected chi connectivity index (χ1v) is 7.72. The second-order valence-corrected chi connectivity index (χ2v) is 5.54. The topological polar surface area (TPSA) is 86.6 Å². The fourth-order valence-corrected chi connectivity index (χ4v) is 3.09. The minimum atomic E-state index is 0.250. The van der Waals surface area contributed by atoms with E-state index in [1.54, 1.807) is 14.2 Å². The van der Waals surface area contributed by atoms with Crippen LogP contribution in [-0.2, 0) is 13.1 Å². The van der Waals surface area contributed by atoms with Gasteiger partial charge in [0.15, 0.2) is 5.82 Å². The smallest absolute Gasteiger partial charge is 0.240 e. The molecular formula is C16H22N4O3. The Morgan fingerprint density at radius 2 is 2.22 bits per heavy atom. The van der Waals surface area contributed by atoms with Gasteiger partial charge in [-0.05, 0) is 37.6 Å². The average Bonchev–Trinajstić information content (AvgIpc) is 3.23. The summed E-state index contributed by atoms with van der Waals surface area (Å²) in [4.78, 5) is 6.63. The number of hydrogen-bond acceptors (Lipinski definition) is 7. The molecule has 0 amide bonds. The second-order valence-electron chi connectivity index (χ2n) is 5.54. The normalized spacial score (nSPS) is 18.3. The molecule has 7 nitrogen and oxygen atoms in total. The summed E-state index contributed by atoms with van der Waals surface area (Å²) in [6.45, 7) is 1.88. The number of methoxy groups -OCH3 is 2. The van der Waals surface area contributed by atoms with Gasteiger partial charge in [-0.25, -0.2) is 0 Å². The third-order valence-corrected chi connectivity index (χ3v) is 4.19. The van der Waals surface area contributed by atoms with Crippen LogP contribution in [0.1, 0.15) is 36.2 Å². The number of nitrogens with two attached hydrogens (primary N) is 1. The van der Waals surface area contributed by atoms with Crippen molar-refractivity contribution in [3.8, 4) is 11.5 Å². The van der Waals surface area contributed by atoms with Crippen LogP contribution in [0.25, 0.3) is 0 Å². The SMILES string of the molecule is COc1ccc(OC)c(C2CCCN2Cc2noc(CN)n2)c1. The molecule has 2 heterocycles. The van der Waals surface area contributed by atoms with Gasteiger partial charge in [0.05, 0.1) is 27.3 Å². The molecule has 0 bridgehead atoms. The van der Waals surface area contributed by atoms with E-state index in [0.29, 0.717) is 18.3 Å². The highest BCUT2D eigenvalue weighted by molar-refractivity contribution is 5.42. The van der Waals surface area contributed by atoms with Crippen molar-refractivity contribution in [2.75, 3.05) is 20.8 Å². The summed E-state index contributed by atoms with van der Waals surface area (Å²) in [7, 11) is 3.36. The Balaban J connectivity index is 1.83. The standard InChI is InChI=1S/C16H22N4O3/c1-21-11-5-6-14(22-2)12(8-11)13-4-3-7-20(13)10-15-18-16(9-17)23-19-15/h5-6,8,13H,3-4,7,9-10,17H2,1-2H3. The molecule has 1 atom stereocenters. The molecule has 3 rings (SSSR count). The maximum atomic E-state index is 5.53. The van der Waals surface area contributed by atoms with Gasteiger partial charge in [-0.3, -0.25) is 4.90 Å². The summed E-state index contributed by atoms with van der Waals surface area (Å²) in [5, 5.41) is 3.99. The third kappa shape index (κ3) is 3.30. The maximum Gasteiger partial charge on any atom is 0.240 e. The number of likely N-dealkylation sites (tertiary alicyclic amines) is 1. The largest absolute Gasteiger partial charge is 0.497 e. The molecule has 1 fully saturated rings. The van der Waals surface area contributed by atoms with Crippen LogP contribution in [0.15, 0.2) is 22.7 Å². The van der Waals surface area contributed by atoms with Gasteiger partial charge < -0.3 is 19.7 Å². The predicted molar refractivity (Wildman–Crippen MR) is 84.1 cm³/mol. The summed E-state index contributed by atoms with van der Waals surface area (Å²) in [5.41, 5.74) is 6.65. The Hall–Kier alpha value is -2.12. The molecule has 0 radical (unpaired) electrons. The highest BCUT2D eigenvalue weighted by atomic mass is 16.5. The number of rotatable bonds is 6. The maximum absolute atomic E-state index is 5.53. The average molecular weight is 318 g/mol. The van der Waals surface area contributed by atoms with Gasteiger partial charge in [0.25, 0.3) is 0 Å². The van der Waals surface area contributed by atoms with Crippen LogP contribution in [0.2, 0.25) is 0 Å². The lowest BCUT2D eigenvalue weighted by molar-refractivity contribution is 0.232. The molecule has 2 aromatic rings. The summed E-state index contributed by atoms with van der Waals surface area (Å²) in [6, 6.07) is 6.16. The molecule has 0 spiro atoms. The minimum Gasteiger partial charge on any atom is -0.497 e. The molecule has 7 heteroatoms. The van der Waals surface area contributed by atoms with Gasteiger partial charge in [0.2, 0.25) is 5.89 Å². The molecule has 1 saturated heterocycles. The Labute approximate surface area is 135 Å². The molecule has 23 heavy (non-hydrogen) atoms. The predicted octanol–water partition coefficient (Wildman–Crippen LogP) is 1.88. The number of hydrogen-bond donors (Lipinski definition) is 1. The van der Waals surface area contributed by atoms with E-state index in [9.17, 15) is 0 Å². The lowest BCUT2D eigenvalue weighted by atomic mass is 10.0. The molecule has 0 aliphatic carbocycles. The van der Waals surface area contributed by atoms with Crippen LogP contribution in [0.4, 0.5) is 0 Å². The van der Waals surface area contributed by atoms with E-state index in [2.05, 4.69) is 15.0 Å². The first-order chi connectivity index (χ1) is 11.2. The van der Waals surface area contributed by atoms with Crippen molar-refractivity contribution in [3.05, 3.63) is 35.5 Å². The zero-order chi connectivity index (χ0) is 16.2. The zero-order valence-electron chi connectivity index (χ0n) is 13.5. The van der Waals surface area contributed by atoms with E-state index in [-0.39, 0.29) is 12.6 Å². The molecule has 1 aromatic heterocycles. The molecule has 0 saturated carbocycles. The van der Waals surface area contributed by atoms with Crippen LogP contribution in [-0.4, -0.2) is 35.8 Å². The fourth-order valence-electron chi connectivity index (χ4n) is 3.09. The Morgan fingerprint density at radius 1 is 1.35 bits per heavy atom. The highest BCUT2D eigenvalue weighted by Crippen LogP contribution is 2.39. The first-order valence-electron chi connectivity index (χ1n) is 7.72. The summed E-state index contributed by atoms with van der Waals surface area (Å²) >= 11 is 0. The lowest BCUT2D eigenvalue weighted by Crippen LogP contribution is -2.24. The van der Waals surface area contributed by atoms with Crippen LogP contribution in [0, 0.1) is 0 Å². The van der Waals surface area contributed by atoms with E-state index in [1.807, 2.05) is 18.2 Å². The van der Waals surface area contributed by atoms with Crippen molar-refractivity contribution in [2.45, 2.75) is 32.0 Å². The highest BCUT2D eigenvalue weighted by Gasteiger charge is 2.29. The van der Waals surface area contributed by atoms with Crippen LogP contribution >= 0.6 is 0 Å². The van der Waals surface area contributed by atoms with E-state index in [0.717, 1.165) is 36.4 Å². The van der Waals surface area contributed by atoms with Gasteiger partial charge in [-0.2, -0.15) is 4.98 Å². The molecular weight excluding hydrogens is 296 g/mol. The van der Waals surface area contributed by atoms with E-state index < -0.39 is 0 Å². The van der Waals surface area contributed by atoms with Crippen LogP contribution < -0.4 is 15.2 Å². The van der Waals surface area contributed by atoms with Gasteiger partial charge in [0, 0.05) is 11.6 Å². The Morgan fingerprint density at radius 3 is 2.91 bits per heavy atom. The Kier molecular flexibility index (Phi) is 4.78. The van der Waals surface area contributed by atoms with Crippen LogP contribution in [0.3, 0.4) is 0 Å². The van der Waals surface area contributed by atoms with Crippen molar-refractivity contribution in [2.24, 2.45) is 5.73 Å². The van der Waals surface area contributed by atoms with Crippen molar-refractivity contribution >= 4 is 0 Å². The monoisotopic (exact) mass is 318 g/mol. The molecule has 1 aliphatic rings. The van der Waals surface area contributed by atoms with Gasteiger partial charge in [-0.1, -0.05) is 5.16 Å². The molecule has 2 N–H and O–H groups in total. The fraction of sp³-hybridized carbons (Fsp3) is 0.500. The third-order valence-electron chi connectivity index (χ3n) is 4.19. The number of ether oxygens (including phenoxy) is 2. The zero-order valence-corrected chi connectivity index (χ0v) is 13.5. The number of benzene rings is 1. The van der Waals surface area contributed by atoms with Crippen LogP contribution in [0.5, 0.6) is 11.5 Å². The quantitative estimate of drug-likeness (QED) is 0.870. The van der Waals surface area contributed by atoms with Crippen molar-refractivity contribution < 1.29 is 14.0 Å². The molecule has 1 aliphatic heterocycles. The molecule has 124 valence electrons. The van der Waals surface area contributed by atoms with Crippen molar-refractivity contribution in [1.82, 2.24) is 15.0 Å². The van der Waals surface area contributed by atoms with E-state index in [1.165, 1.54) is 0 Å². The van der Waals surface area contributed by atoms with Gasteiger partial charge >= 0.3 is 0 Å². The molecule has 1 aromatic carbocycles. The second kappa shape index (κ2) is 6.97. The summed E-state index contributed by atoms with van der Waals surface area (Å²) in [6.07, 6.45) is 2.18. The van der Waals surface area contributed by atoms with E-state index >= 15 is 0 Å². The number of aromatic nitrogens is 2. The minimum absolute atomic E-state index is 0.250. The van der Waals surface area contributed by atoms with Gasteiger partial charge in [0.1, 0.15) is 11.5 Å². The first kappa shape index (κ1) is 15.8. The molecule has 1 unspecified atom stereocenters. The number of nitrogens with zero attached hydrogens (tertiary/aromatic N) is 3. The van der Waals surface area contributed by atoms with E-state index in [4.69, 9.17) is 19.7 Å². The van der Waals surface area contributed by atoms with Gasteiger partial charge in [-0.15, -0.1) is 0 Å². The summed E-state index contributed by atoms with van der Waals surface area (Å²) < 4.78 is 16.0. The Bertz CT molecular complexity index is 659. The van der Waals surface area contributed by atoms with Crippen molar-refractivity contribution in [3.63, 3.8) is 0 Å². The summed E-state index contributed by atoms with van der Waals surface area (Å²) in [5.74, 6) is 2.84.